The van der Waals surface area contributed by atoms with E-state index in [-0.39, 0.29) is 18.2 Å². The van der Waals surface area contributed by atoms with Gasteiger partial charge in [-0.3, -0.25) is 14.4 Å². The molecule has 1 aliphatic carbocycles. The summed E-state index contributed by atoms with van der Waals surface area (Å²) in [5.41, 5.74) is 1.69. The van der Waals surface area contributed by atoms with Gasteiger partial charge in [-0.2, -0.15) is 0 Å². The number of nitrogens with one attached hydrogen (secondary N) is 2. The Morgan fingerprint density at radius 1 is 1.11 bits per heavy atom. The molecule has 6 heteroatoms. The third kappa shape index (κ3) is 6.70. The molecule has 0 heterocycles. The summed E-state index contributed by atoms with van der Waals surface area (Å²) in [6, 6.07) is 6.04. The van der Waals surface area contributed by atoms with E-state index in [1.54, 1.807) is 6.92 Å². The van der Waals surface area contributed by atoms with Crippen LogP contribution in [0.4, 0.5) is 0 Å². The van der Waals surface area contributed by atoms with Gasteiger partial charge in [0.25, 0.3) is 0 Å². The number of carbonyl (C=O) groups is 3. The number of hydrogen-bond acceptors (Lipinski definition) is 3. The normalized spacial score (nSPS) is 17.0. The maximum atomic E-state index is 12.5. The molecule has 1 aromatic rings. The standard InChI is InChI=1S/C21H30N2O4/c1-14-8-6-7-11-17(14)18(13-20(25)26)23-21(27)15(2)22-19(24)12-16-9-4-3-5-10-16/h6-8,11,15-16,18H,3-5,9-10,12-13H2,1-2H3,(H,22,24)(H,23,27)(H,25,26). The molecule has 0 aliphatic heterocycles. The Morgan fingerprint density at radius 2 is 1.78 bits per heavy atom. The van der Waals surface area contributed by atoms with Crippen LogP contribution in [0, 0.1) is 12.8 Å². The van der Waals surface area contributed by atoms with Gasteiger partial charge in [0.15, 0.2) is 0 Å². The summed E-state index contributed by atoms with van der Waals surface area (Å²) in [6.45, 7) is 3.51. The lowest BCUT2D eigenvalue weighted by molar-refractivity contribution is -0.138. The molecular formula is C21H30N2O4. The number of aliphatic carboxylic acids is 1. The minimum absolute atomic E-state index is 0.116. The van der Waals surface area contributed by atoms with Crippen LogP contribution in [0.2, 0.25) is 0 Å². The van der Waals surface area contributed by atoms with E-state index in [1.807, 2.05) is 31.2 Å². The fourth-order valence-corrected chi connectivity index (χ4v) is 3.71. The molecule has 1 aliphatic rings. The highest BCUT2D eigenvalue weighted by Crippen LogP contribution is 2.26. The lowest BCUT2D eigenvalue weighted by Crippen LogP contribution is -2.46. The molecule has 0 aromatic heterocycles. The van der Waals surface area contributed by atoms with E-state index in [1.165, 1.54) is 19.3 Å². The molecule has 0 saturated heterocycles. The number of rotatable bonds is 8. The highest BCUT2D eigenvalue weighted by molar-refractivity contribution is 5.88. The molecule has 148 valence electrons. The summed E-state index contributed by atoms with van der Waals surface area (Å²) < 4.78 is 0. The van der Waals surface area contributed by atoms with Crippen LogP contribution in [0.25, 0.3) is 0 Å². The number of carbonyl (C=O) groups excluding carboxylic acids is 2. The molecule has 0 spiro atoms. The van der Waals surface area contributed by atoms with E-state index in [0.717, 1.165) is 24.0 Å². The van der Waals surface area contributed by atoms with Gasteiger partial charge in [0, 0.05) is 6.42 Å². The van der Waals surface area contributed by atoms with E-state index in [0.29, 0.717) is 12.3 Å². The molecule has 3 N–H and O–H groups in total. The molecule has 2 unspecified atom stereocenters. The lowest BCUT2D eigenvalue weighted by atomic mass is 9.87. The van der Waals surface area contributed by atoms with Gasteiger partial charge >= 0.3 is 5.97 Å². The zero-order valence-corrected chi connectivity index (χ0v) is 16.2. The predicted molar refractivity (Wildman–Crippen MR) is 103 cm³/mol. The number of aryl methyl sites for hydroxylation is 1. The maximum Gasteiger partial charge on any atom is 0.305 e. The van der Waals surface area contributed by atoms with Crippen molar-refractivity contribution in [1.29, 1.82) is 0 Å². The van der Waals surface area contributed by atoms with Crippen LogP contribution in [0.15, 0.2) is 24.3 Å². The highest BCUT2D eigenvalue weighted by Gasteiger charge is 2.24. The van der Waals surface area contributed by atoms with Gasteiger partial charge in [-0.05, 0) is 43.7 Å². The van der Waals surface area contributed by atoms with Crippen molar-refractivity contribution in [2.24, 2.45) is 5.92 Å². The van der Waals surface area contributed by atoms with Crippen molar-refractivity contribution in [1.82, 2.24) is 10.6 Å². The Morgan fingerprint density at radius 3 is 2.41 bits per heavy atom. The van der Waals surface area contributed by atoms with Crippen molar-refractivity contribution in [2.45, 2.75) is 70.9 Å². The van der Waals surface area contributed by atoms with Crippen LogP contribution in [0.5, 0.6) is 0 Å². The average Bonchev–Trinajstić information content (AvgIpc) is 2.61. The smallest absolute Gasteiger partial charge is 0.305 e. The van der Waals surface area contributed by atoms with Gasteiger partial charge in [-0.25, -0.2) is 0 Å². The average molecular weight is 374 g/mol. The molecule has 2 amide bonds. The second-order valence-electron chi connectivity index (χ2n) is 7.51. The van der Waals surface area contributed by atoms with Crippen LogP contribution in [-0.4, -0.2) is 28.9 Å². The first-order valence-corrected chi connectivity index (χ1v) is 9.74. The quantitative estimate of drug-likeness (QED) is 0.651. The van der Waals surface area contributed by atoms with Crippen molar-refractivity contribution in [3.05, 3.63) is 35.4 Å². The Hall–Kier alpha value is -2.37. The van der Waals surface area contributed by atoms with Gasteiger partial charge in [0.2, 0.25) is 11.8 Å². The van der Waals surface area contributed by atoms with E-state index in [2.05, 4.69) is 10.6 Å². The third-order valence-corrected chi connectivity index (χ3v) is 5.23. The van der Waals surface area contributed by atoms with Crippen LogP contribution in [0.3, 0.4) is 0 Å². The highest BCUT2D eigenvalue weighted by atomic mass is 16.4. The molecule has 1 saturated carbocycles. The first-order chi connectivity index (χ1) is 12.9. The van der Waals surface area contributed by atoms with E-state index < -0.39 is 18.1 Å². The van der Waals surface area contributed by atoms with Crippen molar-refractivity contribution < 1.29 is 19.5 Å². The fourth-order valence-electron chi connectivity index (χ4n) is 3.71. The molecule has 0 radical (unpaired) electrons. The maximum absolute atomic E-state index is 12.5. The number of carboxylic acids is 1. The molecule has 0 bridgehead atoms. The fraction of sp³-hybridized carbons (Fsp3) is 0.571. The van der Waals surface area contributed by atoms with Crippen molar-refractivity contribution >= 4 is 17.8 Å². The number of amides is 2. The van der Waals surface area contributed by atoms with Crippen LogP contribution in [0.1, 0.15) is 69.0 Å². The van der Waals surface area contributed by atoms with Crippen molar-refractivity contribution in [3.63, 3.8) is 0 Å². The summed E-state index contributed by atoms with van der Waals surface area (Å²) in [5.74, 6) is -1.07. The minimum Gasteiger partial charge on any atom is -0.481 e. The monoisotopic (exact) mass is 374 g/mol. The summed E-state index contributed by atoms with van der Waals surface area (Å²) in [5, 5.41) is 14.7. The predicted octanol–water partition coefficient (Wildman–Crippen LogP) is 3.10. The van der Waals surface area contributed by atoms with Crippen LogP contribution >= 0.6 is 0 Å². The summed E-state index contributed by atoms with van der Waals surface area (Å²) in [6.07, 6.45) is 5.96. The Balaban J connectivity index is 1.94. The van der Waals surface area contributed by atoms with E-state index in [9.17, 15) is 19.5 Å². The number of carboxylic acid groups (broad SMARTS) is 1. The van der Waals surface area contributed by atoms with Crippen molar-refractivity contribution in [2.75, 3.05) is 0 Å². The molecule has 27 heavy (non-hydrogen) atoms. The molecule has 1 aromatic carbocycles. The minimum atomic E-state index is -0.988. The summed E-state index contributed by atoms with van der Waals surface area (Å²) >= 11 is 0. The Kier molecular flexibility index (Phi) is 7.82. The molecule has 6 nitrogen and oxygen atoms in total. The molecule has 2 rings (SSSR count). The van der Waals surface area contributed by atoms with Gasteiger partial charge in [-0.15, -0.1) is 0 Å². The number of hydrogen-bond donors (Lipinski definition) is 3. The topological polar surface area (TPSA) is 95.5 Å². The lowest BCUT2D eigenvalue weighted by Gasteiger charge is -2.24. The largest absolute Gasteiger partial charge is 0.481 e. The summed E-state index contributed by atoms with van der Waals surface area (Å²) in [7, 11) is 0. The summed E-state index contributed by atoms with van der Waals surface area (Å²) in [4.78, 5) is 36.0. The third-order valence-electron chi connectivity index (χ3n) is 5.23. The molecular weight excluding hydrogens is 344 g/mol. The van der Waals surface area contributed by atoms with Crippen molar-refractivity contribution in [3.8, 4) is 0 Å². The van der Waals surface area contributed by atoms with Gasteiger partial charge in [0.1, 0.15) is 6.04 Å². The zero-order valence-electron chi connectivity index (χ0n) is 16.2. The number of benzene rings is 1. The van der Waals surface area contributed by atoms with Gasteiger partial charge in [-0.1, -0.05) is 43.5 Å². The first-order valence-electron chi connectivity index (χ1n) is 9.74. The van der Waals surface area contributed by atoms with E-state index >= 15 is 0 Å². The second-order valence-corrected chi connectivity index (χ2v) is 7.51. The van der Waals surface area contributed by atoms with Gasteiger partial charge in [0.05, 0.1) is 12.5 Å². The van der Waals surface area contributed by atoms with Crippen LogP contribution < -0.4 is 10.6 Å². The molecule has 2 atom stereocenters. The molecule has 1 fully saturated rings. The SMILES string of the molecule is Cc1ccccc1C(CC(=O)O)NC(=O)C(C)NC(=O)CC1CCCCC1. The Labute approximate surface area is 160 Å². The Bertz CT molecular complexity index is 668. The second kappa shape index (κ2) is 10.1. The first kappa shape index (κ1) is 20.9. The van der Waals surface area contributed by atoms with Gasteiger partial charge < -0.3 is 15.7 Å². The zero-order chi connectivity index (χ0) is 19.8. The van der Waals surface area contributed by atoms with E-state index in [4.69, 9.17) is 0 Å². The van der Waals surface area contributed by atoms with Crippen LogP contribution in [-0.2, 0) is 14.4 Å².